The Balaban J connectivity index is 1.84. The number of anilines is 1. The van der Waals surface area contributed by atoms with Crippen LogP contribution in [-0.2, 0) is 0 Å². The predicted molar refractivity (Wildman–Crippen MR) is 82.1 cm³/mol. The van der Waals surface area contributed by atoms with Gasteiger partial charge >= 0.3 is 0 Å². The quantitative estimate of drug-likeness (QED) is 0.854. The van der Waals surface area contributed by atoms with E-state index in [2.05, 4.69) is 18.0 Å². The minimum Gasteiger partial charge on any atom is -0.382 e. The van der Waals surface area contributed by atoms with Gasteiger partial charge in [0.1, 0.15) is 0 Å². The summed E-state index contributed by atoms with van der Waals surface area (Å²) in [5, 5.41) is 3.47. The number of carbonyl (C=O) groups is 1. The summed E-state index contributed by atoms with van der Waals surface area (Å²) in [5.41, 5.74) is 4.09. The Morgan fingerprint density at radius 1 is 1.40 bits per heavy atom. The zero-order valence-electron chi connectivity index (χ0n) is 12.1. The van der Waals surface area contributed by atoms with Gasteiger partial charge in [-0.25, -0.2) is 0 Å². The Bertz CT molecular complexity index is 546. The first-order chi connectivity index (χ1) is 9.63. The van der Waals surface area contributed by atoms with E-state index in [4.69, 9.17) is 0 Å². The van der Waals surface area contributed by atoms with Crippen LogP contribution in [0.4, 0.5) is 5.69 Å². The molecular formula is C17H22N2O. The summed E-state index contributed by atoms with van der Waals surface area (Å²) in [6.45, 7) is 7.61. The third-order valence-corrected chi connectivity index (χ3v) is 4.00. The molecule has 1 N–H and O–H groups in total. The smallest absolute Gasteiger partial charge is 0.256 e. The van der Waals surface area contributed by atoms with Crippen molar-refractivity contribution in [2.24, 2.45) is 0 Å². The summed E-state index contributed by atoms with van der Waals surface area (Å²) in [7, 11) is 0. The van der Waals surface area contributed by atoms with E-state index in [0.29, 0.717) is 12.6 Å². The molecule has 0 atom stereocenters. The van der Waals surface area contributed by atoms with Crippen molar-refractivity contribution in [2.45, 2.75) is 38.6 Å². The lowest BCUT2D eigenvalue weighted by Gasteiger charge is -2.29. The van der Waals surface area contributed by atoms with E-state index < -0.39 is 0 Å². The maximum atomic E-state index is 12.8. The number of hydrogen-bond donors (Lipinski definition) is 1. The van der Waals surface area contributed by atoms with Gasteiger partial charge < -0.3 is 10.2 Å². The van der Waals surface area contributed by atoms with Crippen molar-refractivity contribution in [3.63, 3.8) is 0 Å². The molecule has 1 amide bonds. The fraction of sp³-hybridized carbons (Fsp3) is 0.471. The number of amides is 1. The molecule has 0 spiro atoms. The first kappa shape index (κ1) is 13.2. The summed E-state index contributed by atoms with van der Waals surface area (Å²) in [6.07, 6.45) is 4.50. The third-order valence-electron chi connectivity index (χ3n) is 4.00. The van der Waals surface area contributed by atoms with Crippen LogP contribution in [0, 0.1) is 6.92 Å². The van der Waals surface area contributed by atoms with Crippen LogP contribution in [0.5, 0.6) is 0 Å². The Hall–Kier alpha value is -1.77. The molecule has 1 aliphatic heterocycles. The average molecular weight is 270 g/mol. The van der Waals surface area contributed by atoms with E-state index >= 15 is 0 Å². The van der Waals surface area contributed by atoms with Gasteiger partial charge in [0.15, 0.2) is 0 Å². The molecule has 0 bridgehead atoms. The van der Waals surface area contributed by atoms with Crippen molar-refractivity contribution in [3.05, 3.63) is 41.5 Å². The van der Waals surface area contributed by atoms with E-state index in [1.165, 1.54) is 12.8 Å². The minimum atomic E-state index is 0.137. The number of likely N-dealkylation sites (tertiary alicyclic amines) is 1. The molecule has 1 aliphatic carbocycles. The van der Waals surface area contributed by atoms with E-state index in [1.807, 2.05) is 24.0 Å². The number of rotatable bonds is 3. The van der Waals surface area contributed by atoms with E-state index in [9.17, 15) is 4.79 Å². The summed E-state index contributed by atoms with van der Waals surface area (Å²) in [6, 6.07) is 6.67. The van der Waals surface area contributed by atoms with Gasteiger partial charge in [-0.05, 0) is 44.7 Å². The number of nitrogens with one attached hydrogen (secondary N) is 1. The van der Waals surface area contributed by atoms with Crippen LogP contribution in [-0.4, -0.2) is 29.9 Å². The van der Waals surface area contributed by atoms with Gasteiger partial charge in [-0.3, -0.25) is 4.79 Å². The summed E-state index contributed by atoms with van der Waals surface area (Å²) >= 11 is 0. The highest BCUT2D eigenvalue weighted by molar-refractivity contribution is 6.00. The van der Waals surface area contributed by atoms with Crippen LogP contribution in [0.2, 0.25) is 0 Å². The molecule has 1 saturated carbocycles. The van der Waals surface area contributed by atoms with Crippen molar-refractivity contribution >= 4 is 11.6 Å². The number of piperidine rings is 1. The highest BCUT2D eigenvalue weighted by Crippen LogP contribution is 2.28. The zero-order chi connectivity index (χ0) is 14.1. The van der Waals surface area contributed by atoms with E-state index in [0.717, 1.165) is 41.8 Å². The second kappa shape index (κ2) is 5.31. The molecule has 1 heterocycles. The third kappa shape index (κ3) is 2.87. The summed E-state index contributed by atoms with van der Waals surface area (Å²) < 4.78 is 0. The molecule has 1 saturated heterocycles. The monoisotopic (exact) mass is 270 g/mol. The maximum absolute atomic E-state index is 12.8. The number of benzene rings is 1. The topological polar surface area (TPSA) is 32.3 Å². The second-order valence-corrected chi connectivity index (χ2v) is 6.05. The largest absolute Gasteiger partial charge is 0.382 e. The number of hydrogen-bond acceptors (Lipinski definition) is 2. The van der Waals surface area contributed by atoms with Crippen LogP contribution < -0.4 is 5.32 Å². The molecule has 0 radical (unpaired) electrons. The average Bonchev–Trinajstić information content (AvgIpc) is 3.24. The van der Waals surface area contributed by atoms with Crippen molar-refractivity contribution in [1.29, 1.82) is 0 Å². The van der Waals surface area contributed by atoms with Crippen molar-refractivity contribution in [2.75, 3.05) is 18.4 Å². The molecule has 0 aromatic heterocycles. The molecule has 3 rings (SSSR count). The Kier molecular flexibility index (Phi) is 3.51. The lowest BCUT2D eigenvalue weighted by molar-refractivity contribution is 0.0753. The molecule has 3 nitrogen and oxygen atoms in total. The Morgan fingerprint density at radius 2 is 2.20 bits per heavy atom. The second-order valence-electron chi connectivity index (χ2n) is 6.05. The van der Waals surface area contributed by atoms with E-state index in [-0.39, 0.29) is 5.91 Å². The highest BCUT2D eigenvalue weighted by Gasteiger charge is 2.26. The molecule has 1 aromatic rings. The molecule has 20 heavy (non-hydrogen) atoms. The molecule has 106 valence electrons. The predicted octanol–water partition coefficient (Wildman–Crippen LogP) is 3.36. The van der Waals surface area contributed by atoms with Gasteiger partial charge in [0.05, 0.1) is 5.56 Å². The van der Waals surface area contributed by atoms with Crippen molar-refractivity contribution in [1.82, 2.24) is 4.90 Å². The summed E-state index contributed by atoms with van der Waals surface area (Å²) in [4.78, 5) is 14.7. The Morgan fingerprint density at radius 3 is 2.90 bits per heavy atom. The van der Waals surface area contributed by atoms with Crippen LogP contribution in [0.25, 0.3) is 0 Å². The van der Waals surface area contributed by atoms with Crippen LogP contribution in [0.1, 0.15) is 41.6 Å². The van der Waals surface area contributed by atoms with E-state index in [1.54, 1.807) is 0 Å². The molecule has 0 unspecified atom stereocenters. The number of nitrogens with zero attached hydrogens (tertiary/aromatic N) is 1. The SMILES string of the molecule is C=C1CCCN(C(=O)c2cc(C)ccc2NC2CC2)C1. The lowest BCUT2D eigenvalue weighted by Crippen LogP contribution is -2.37. The molecule has 3 heteroatoms. The fourth-order valence-corrected chi connectivity index (χ4v) is 2.70. The fourth-order valence-electron chi connectivity index (χ4n) is 2.70. The van der Waals surface area contributed by atoms with Crippen LogP contribution in [0.3, 0.4) is 0 Å². The molecular weight excluding hydrogens is 248 g/mol. The summed E-state index contributed by atoms with van der Waals surface area (Å²) in [5.74, 6) is 0.137. The minimum absolute atomic E-state index is 0.137. The first-order valence-electron chi connectivity index (χ1n) is 7.46. The zero-order valence-corrected chi connectivity index (χ0v) is 12.1. The Labute approximate surface area is 120 Å². The number of aryl methyl sites for hydroxylation is 1. The van der Waals surface area contributed by atoms with Gasteiger partial charge in [0, 0.05) is 24.8 Å². The van der Waals surface area contributed by atoms with Crippen molar-refractivity contribution < 1.29 is 4.79 Å². The molecule has 2 aliphatic rings. The van der Waals surface area contributed by atoms with Crippen molar-refractivity contribution in [3.8, 4) is 0 Å². The highest BCUT2D eigenvalue weighted by atomic mass is 16.2. The van der Waals surface area contributed by atoms with Gasteiger partial charge in [0.2, 0.25) is 0 Å². The molecule has 2 fully saturated rings. The number of carbonyl (C=O) groups excluding carboxylic acids is 1. The van der Waals surface area contributed by atoms with Crippen LogP contribution in [0.15, 0.2) is 30.4 Å². The standard InChI is InChI=1S/C17H22N2O/c1-12-5-8-16(18-14-6-7-14)15(10-12)17(20)19-9-3-4-13(2)11-19/h5,8,10,14,18H,2-4,6-7,9,11H2,1H3. The van der Waals surface area contributed by atoms with Crippen LogP contribution >= 0.6 is 0 Å². The molecule has 1 aromatic carbocycles. The lowest BCUT2D eigenvalue weighted by atomic mass is 10.0. The van der Waals surface area contributed by atoms with Gasteiger partial charge in [-0.2, -0.15) is 0 Å². The van der Waals surface area contributed by atoms with Gasteiger partial charge in [0.25, 0.3) is 5.91 Å². The first-order valence-corrected chi connectivity index (χ1v) is 7.46. The van der Waals surface area contributed by atoms with Gasteiger partial charge in [-0.1, -0.05) is 23.8 Å². The maximum Gasteiger partial charge on any atom is 0.256 e. The van der Waals surface area contributed by atoms with Gasteiger partial charge in [-0.15, -0.1) is 0 Å². The normalized spacial score (nSPS) is 19.1.